The van der Waals surface area contributed by atoms with Gasteiger partial charge in [-0.05, 0) is 49.5 Å². The summed E-state index contributed by atoms with van der Waals surface area (Å²) in [7, 11) is 0. The van der Waals surface area contributed by atoms with Crippen LogP contribution in [0.1, 0.15) is 46.6 Å². The van der Waals surface area contributed by atoms with Gasteiger partial charge in [0.15, 0.2) is 0 Å². The van der Waals surface area contributed by atoms with Gasteiger partial charge < -0.3 is 4.74 Å². The first-order valence-corrected chi connectivity index (χ1v) is 6.51. The molecule has 0 aliphatic carbocycles. The third-order valence-corrected chi connectivity index (χ3v) is 3.03. The molecule has 0 radical (unpaired) electrons. The summed E-state index contributed by atoms with van der Waals surface area (Å²) in [4.78, 5) is 0. The maximum Gasteiger partial charge on any atom is 0.119 e. The van der Waals surface area contributed by atoms with E-state index in [1.165, 1.54) is 11.1 Å². The molecule has 0 bridgehead atoms. The van der Waals surface area contributed by atoms with Crippen LogP contribution in [0.3, 0.4) is 0 Å². The Labute approximate surface area is 106 Å². The van der Waals surface area contributed by atoms with Gasteiger partial charge in [0, 0.05) is 0 Å². The van der Waals surface area contributed by atoms with Gasteiger partial charge in [0.2, 0.25) is 0 Å². The van der Waals surface area contributed by atoms with E-state index in [0.717, 1.165) is 12.2 Å². The number of allylic oxidation sites excluding steroid dienone is 2. The zero-order valence-electron chi connectivity index (χ0n) is 11.7. The minimum absolute atomic E-state index is 0.284. The molecule has 0 spiro atoms. The first-order valence-electron chi connectivity index (χ1n) is 6.51. The highest BCUT2D eigenvalue weighted by atomic mass is 16.5. The predicted molar refractivity (Wildman–Crippen MR) is 75.3 cm³/mol. The van der Waals surface area contributed by atoms with Crippen molar-refractivity contribution in [3.05, 3.63) is 35.9 Å². The van der Waals surface area contributed by atoms with Crippen LogP contribution in [0, 0.1) is 5.92 Å². The second-order valence-corrected chi connectivity index (χ2v) is 4.76. The average Bonchev–Trinajstić information content (AvgIpc) is 2.31. The van der Waals surface area contributed by atoms with Gasteiger partial charge >= 0.3 is 0 Å². The van der Waals surface area contributed by atoms with Crippen LogP contribution in [0.25, 0.3) is 5.57 Å². The summed E-state index contributed by atoms with van der Waals surface area (Å²) in [5.74, 6) is 1.52. The lowest BCUT2D eigenvalue weighted by molar-refractivity contribution is 0.217. The largest absolute Gasteiger partial charge is 0.491 e. The number of benzene rings is 1. The standard InChI is InChI=1S/C16H24O/c1-6-13(5)17-15-10-8-14(9-11-15)16(7-2)12(3)4/h7-13H,6H2,1-5H3. The minimum atomic E-state index is 0.284. The summed E-state index contributed by atoms with van der Waals surface area (Å²) >= 11 is 0. The first-order chi connectivity index (χ1) is 8.08. The maximum absolute atomic E-state index is 5.77. The molecule has 0 fully saturated rings. The normalized spacial score (nSPS) is 13.9. The summed E-state index contributed by atoms with van der Waals surface area (Å²) in [6, 6.07) is 8.42. The number of rotatable bonds is 5. The van der Waals surface area contributed by atoms with Gasteiger partial charge in [0.05, 0.1) is 6.10 Å². The van der Waals surface area contributed by atoms with Gasteiger partial charge in [0.25, 0.3) is 0 Å². The van der Waals surface area contributed by atoms with Crippen LogP contribution in [0.15, 0.2) is 30.3 Å². The molecule has 17 heavy (non-hydrogen) atoms. The molecule has 0 aromatic heterocycles. The van der Waals surface area contributed by atoms with Gasteiger partial charge in [-0.2, -0.15) is 0 Å². The molecule has 94 valence electrons. The zero-order chi connectivity index (χ0) is 12.8. The average molecular weight is 232 g/mol. The fourth-order valence-corrected chi connectivity index (χ4v) is 1.87. The van der Waals surface area contributed by atoms with Crippen molar-refractivity contribution < 1.29 is 4.74 Å². The summed E-state index contributed by atoms with van der Waals surface area (Å²) in [5, 5.41) is 0. The van der Waals surface area contributed by atoms with Crippen molar-refractivity contribution in [1.29, 1.82) is 0 Å². The SMILES string of the molecule is CC=C(c1ccc(OC(C)CC)cc1)C(C)C. The Morgan fingerprint density at radius 3 is 2.18 bits per heavy atom. The quantitative estimate of drug-likeness (QED) is 0.700. The molecule has 0 saturated carbocycles. The monoisotopic (exact) mass is 232 g/mol. The van der Waals surface area contributed by atoms with E-state index in [1.807, 2.05) is 0 Å². The lowest BCUT2D eigenvalue weighted by Gasteiger charge is -2.15. The predicted octanol–water partition coefficient (Wildman–Crippen LogP) is 4.92. The van der Waals surface area contributed by atoms with Gasteiger partial charge in [-0.15, -0.1) is 0 Å². The van der Waals surface area contributed by atoms with Crippen LogP contribution in [0.4, 0.5) is 0 Å². The van der Waals surface area contributed by atoms with E-state index in [9.17, 15) is 0 Å². The van der Waals surface area contributed by atoms with Crippen LogP contribution in [-0.4, -0.2) is 6.10 Å². The van der Waals surface area contributed by atoms with Crippen molar-refractivity contribution in [2.24, 2.45) is 5.92 Å². The third-order valence-electron chi connectivity index (χ3n) is 3.03. The van der Waals surface area contributed by atoms with E-state index in [4.69, 9.17) is 4.74 Å². The molecule has 1 heteroatoms. The molecule has 1 unspecified atom stereocenters. The lowest BCUT2D eigenvalue weighted by atomic mass is 9.95. The summed E-state index contributed by atoms with van der Waals surface area (Å²) in [6.07, 6.45) is 3.51. The topological polar surface area (TPSA) is 9.23 Å². The fourth-order valence-electron chi connectivity index (χ4n) is 1.87. The van der Waals surface area contributed by atoms with Crippen LogP contribution in [0.5, 0.6) is 5.75 Å². The van der Waals surface area contributed by atoms with Crippen LogP contribution in [-0.2, 0) is 0 Å². The van der Waals surface area contributed by atoms with Gasteiger partial charge in [-0.25, -0.2) is 0 Å². The van der Waals surface area contributed by atoms with Crippen LogP contribution in [0.2, 0.25) is 0 Å². The Hall–Kier alpha value is -1.24. The zero-order valence-corrected chi connectivity index (χ0v) is 11.7. The molecular formula is C16H24O. The Balaban J connectivity index is 2.81. The molecule has 1 aromatic rings. The van der Waals surface area contributed by atoms with Gasteiger partial charge in [-0.1, -0.05) is 39.0 Å². The van der Waals surface area contributed by atoms with Crippen molar-refractivity contribution in [2.75, 3.05) is 0 Å². The Morgan fingerprint density at radius 1 is 1.18 bits per heavy atom. The van der Waals surface area contributed by atoms with Crippen molar-refractivity contribution >= 4 is 5.57 Å². The minimum Gasteiger partial charge on any atom is -0.491 e. The highest BCUT2D eigenvalue weighted by molar-refractivity contribution is 5.67. The second-order valence-electron chi connectivity index (χ2n) is 4.76. The number of ether oxygens (including phenoxy) is 1. The lowest BCUT2D eigenvalue weighted by Crippen LogP contribution is -2.09. The Morgan fingerprint density at radius 2 is 1.76 bits per heavy atom. The molecule has 1 aromatic carbocycles. The van der Waals surface area contributed by atoms with E-state index in [-0.39, 0.29) is 6.10 Å². The molecule has 0 N–H and O–H groups in total. The highest BCUT2D eigenvalue weighted by Crippen LogP contribution is 2.25. The highest BCUT2D eigenvalue weighted by Gasteiger charge is 2.06. The molecule has 0 aliphatic rings. The summed E-state index contributed by atoms with van der Waals surface area (Å²) < 4.78 is 5.77. The van der Waals surface area contributed by atoms with Crippen molar-refractivity contribution in [2.45, 2.75) is 47.1 Å². The van der Waals surface area contributed by atoms with E-state index >= 15 is 0 Å². The van der Waals surface area contributed by atoms with E-state index in [1.54, 1.807) is 0 Å². The number of hydrogen-bond acceptors (Lipinski definition) is 1. The molecule has 0 amide bonds. The van der Waals surface area contributed by atoms with Crippen LogP contribution < -0.4 is 4.74 Å². The Kier molecular flexibility index (Phi) is 5.27. The van der Waals surface area contributed by atoms with Gasteiger partial charge in [0.1, 0.15) is 5.75 Å². The van der Waals surface area contributed by atoms with Crippen molar-refractivity contribution in [3.63, 3.8) is 0 Å². The Bertz CT molecular complexity index is 360. The second kappa shape index (κ2) is 6.48. The summed E-state index contributed by atoms with van der Waals surface area (Å²) in [6.45, 7) is 10.8. The van der Waals surface area contributed by atoms with Gasteiger partial charge in [-0.3, -0.25) is 0 Å². The molecule has 1 nitrogen and oxygen atoms in total. The molecular weight excluding hydrogens is 208 g/mol. The van der Waals surface area contributed by atoms with E-state index in [0.29, 0.717) is 5.92 Å². The smallest absolute Gasteiger partial charge is 0.119 e. The maximum atomic E-state index is 5.77. The first kappa shape index (κ1) is 13.8. The van der Waals surface area contributed by atoms with E-state index < -0.39 is 0 Å². The third kappa shape index (κ3) is 3.92. The molecule has 1 rings (SSSR count). The summed E-state index contributed by atoms with van der Waals surface area (Å²) in [5.41, 5.74) is 2.68. The molecule has 1 atom stereocenters. The number of hydrogen-bond donors (Lipinski definition) is 0. The van der Waals surface area contributed by atoms with E-state index in [2.05, 4.69) is 65.0 Å². The molecule has 0 aliphatic heterocycles. The van der Waals surface area contributed by atoms with Crippen LogP contribution >= 0.6 is 0 Å². The van der Waals surface area contributed by atoms with Crippen molar-refractivity contribution in [1.82, 2.24) is 0 Å². The molecule has 0 heterocycles. The van der Waals surface area contributed by atoms with Crippen molar-refractivity contribution in [3.8, 4) is 5.75 Å². The fraction of sp³-hybridized carbons (Fsp3) is 0.500. The molecule has 0 saturated heterocycles.